The largest absolute Gasteiger partial charge is 0.495 e. The molecule has 0 aliphatic carbocycles. The minimum atomic E-state index is -1.23. The van der Waals surface area contributed by atoms with Gasteiger partial charge in [0.25, 0.3) is 5.56 Å². The Bertz CT molecular complexity index is 1210. The Labute approximate surface area is 186 Å². The summed E-state index contributed by atoms with van der Waals surface area (Å²) >= 11 is 7.17. The second kappa shape index (κ2) is 9.46. The van der Waals surface area contributed by atoms with Crippen LogP contribution in [0.3, 0.4) is 0 Å². The highest BCUT2D eigenvalue weighted by atomic mass is 35.5. The van der Waals surface area contributed by atoms with Crippen LogP contribution in [-0.2, 0) is 16.0 Å². The Morgan fingerprint density at radius 2 is 2.10 bits per heavy atom. The van der Waals surface area contributed by atoms with Crippen molar-refractivity contribution in [3.05, 3.63) is 50.3 Å². The fourth-order valence-corrected chi connectivity index (χ4v) is 4.26. The van der Waals surface area contributed by atoms with Crippen molar-refractivity contribution in [1.82, 2.24) is 9.55 Å². The Morgan fingerprint density at radius 1 is 1.35 bits per heavy atom. The van der Waals surface area contributed by atoms with Gasteiger partial charge in [-0.1, -0.05) is 11.6 Å². The molecule has 1 amide bonds. The summed E-state index contributed by atoms with van der Waals surface area (Å²) < 4.78 is 11.4. The van der Waals surface area contributed by atoms with E-state index < -0.39 is 23.5 Å². The summed E-state index contributed by atoms with van der Waals surface area (Å²) in [6.07, 6.45) is 0.272. The summed E-state index contributed by atoms with van der Waals surface area (Å²) in [7, 11) is 2.99. The Balaban J connectivity index is 2.03. The average Bonchev–Trinajstić information content (AvgIpc) is 3.16. The second-order valence-corrected chi connectivity index (χ2v) is 7.86. The lowest BCUT2D eigenvalue weighted by atomic mass is 10.2. The average molecular weight is 466 g/mol. The number of aromatic nitrogens is 2. The normalized spacial score (nSPS) is 12.0. The highest BCUT2D eigenvalue weighted by Gasteiger charge is 2.25. The number of hydrogen-bond acceptors (Lipinski definition) is 7. The van der Waals surface area contributed by atoms with Crippen LogP contribution in [0.2, 0.25) is 5.02 Å². The minimum absolute atomic E-state index is 0.0224. The zero-order valence-corrected chi connectivity index (χ0v) is 18.5. The van der Waals surface area contributed by atoms with Gasteiger partial charge in [-0.3, -0.25) is 14.2 Å². The summed E-state index contributed by atoms with van der Waals surface area (Å²) in [4.78, 5) is 42.5. The van der Waals surface area contributed by atoms with Gasteiger partial charge in [0.1, 0.15) is 22.4 Å². The van der Waals surface area contributed by atoms with Crippen LogP contribution in [-0.4, -0.2) is 47.4 Å². The quantitative estimate of drug-likeness (QED) is 0.524. The first-order chi connectivity index (χ1) is 14.8. The molecule has 0 saturated carbocycles. The summed E-state index contributed by atoms with van der Waals surface area (Å²) in [5.74, 6) is -0.936. The van der Waals surface area contributed by atoms with E-state index in [0.717, 1.165) is 11.3 Å². The van der Waals surface area contributed by atoms with E-state index in [4.69, 9.17) is 21.1 Å². The molecule has 2 aromatic heterocycles. The Hall–Kier alpha value is -2.95. The SMILES string of the molecule is COCCc1nc2scc(C(=O)O)c2c(=O)n1C(C)C(=O)Nc1ccc(OC)c(Cl)c1. The molecule has 3 rings (SSSR count). The number of thiophene rings is 1. The van der Waals surface area contributed by atoms with Crippen molar-refractivity contribution >= 4 is 50.7 Å². The maximum absolute atomic E-state index is 13.2. The monoisotopic (exact) mass is 465 g/mol. The van der Waals surface area contributed by atoms with Gasteiger partial charge >= 0.3 is 5.97 Å². The number of carbonyl (C=O) groups excluding carboxylic acids is 1. The van der Waals surface area contributed by atoms with Gasteiger partial charge in [-0.15, -0.1) is 11.3 Å². The molecule has 2 heterocycles. The van der Waals surface area contributed by atoms with Crippen LogP contribution in [0.4, 0.5) is 5.69 Å². The molecule has 1 aromatic carbocycles. The topological polar surface area (TPSA) is 120 Å². The molecular formula is C20H20ClN3O6S. The van der Waals surface area contributed by atoms with Crippen molar-refractivity contribution in [2.45, 2.75) is 19.4 Å². The Morgan fingerprint density at radius 3 is 2.71 bits per heavy atom. The Kier molecular flexibility index (Phi) is 6.94. The zero-order chi connectivity index (χ0) is 22.7. The van der Waals surface area contributed by atoms with Crippen molar-refractivity contribution in [3.63, 3.8) is 0 Å². The molecule has 0 saturated heterocycles. The minimum Gasteiger partial charge on any atom is -0.495 e. The van der Waals surface area contributed by atoms with Gasteiger partial charge in [-0.25, -0.2) is 9.78 Å². The first kappa shape index (κ1) is 22.7. The van der Waals surface area contributed by atoms with Gasteiger partial charge in [0, 0.05) is 24.6 Å². The molecule has 3 aromatic rings. The molecular weight excluding hydrogens is 446 g/mol. The highest BCUT2D eigenvalue weighted by molar-refractivity contribution is 7.17. The van der Waals surface area contributed by atoms with Crippen molar-refractivity contribution in [2.24, 2.45) is 0 Å². The lowest BCUT2D eigenvalue weighted by Gasteiger charge is -2.19. The third-order valence-corrected chi connectivity index (χ3v) is 5.83. The molecule has 0 radical (unpaired) electrons. The van der Waals surface area contributed by atoms with E-state index in [-0.39, 0.29) is 24.0 Å². The third kappa shape index (κ3) is 4.55. The van der Waals surface area contributed by atoms with Gasteiger partial charge in [0.15, 0.2) is 0 Å². The second-order valence-electron chi connectivity index (χ2n) is 6.60. The molecule has 0 fully saturated rings. The number of benzene rings is 1. The summed E-state index contributed by atoms with van der Waals surface area (Å²) in [6.45, 7) is 1.82. The molecule has 9 nitrogen and oxygen atoms in total. The molecule has 1 atom stereocenters. The number of fused-ring (bicyclic) bond motifs is 1. The van der Waals surface area contributed by atoms with E-state index in [1.54, 1.807) is 19.1 Å². The first-order valence-electron chi connectivity index (χ1n) is 9.17. The van der Waals surface area contributed by atoms with E-state index >= 15 is 0 Å². The van der Waals surface area contributed by atoms with Crippen LogP contribution in [0.25, 0.3) is 10.2 Å². The number of nitrogens with one attached hydrogen (secondary N) is 1. The number of nitrogens with zero attached hydrogens (tertiary/aromatic N) is 2. The van der Waals surface area contributed by atoms with Crippen molar-refractivity contribution in [2.75, 3.05) is 26.1 Å². The standard InChI is InChI=1S/C20H20ClN3O6S/c1-10(17(25)22-11-4-5-14(30-3)13(21)8-11)24-15(6-7-29-2)23-18-16(19(24)26)12(9-31-18)20(27)28/h4-5,8-10H,6-7H2,1-3H3,(H,22,25)(H,27,28). The number of halogens is 1. The zero-order valence-electron chi connectivity index (χ0n) is 17.0. The first-order valence-corrected chi connectivity index (χ1v) is 10.4. The molecule has 31 heavy (non-hydrogen) atoms. The maximum Gasteiger partial charge on any atom is 0.337 e. The lowest BCUT2D eigenvalue weighted by Crippen LogP contribution is -2.35. The van der Waals surface area contributed by atoms with Crippen molar-refractivity contribution in [3.8, 4) is 5.75 Å². The predicted molar refractivity (Wildman–Crippen MR) is 118 cm³/mol. The number of aromatic carboxylic acids is 1. The number of methoxy groups -OCH3 is 2. The fourth-order valence-electron chi connectivity index (χ4n) is 3.08. The smallest absolute Gasteiger partial charge is 0.337 e. The van der Waals surface area contributed by atoms with Crippen LogP contribution in [0, 0.1) is 0 Å². The van der Waals surface area contributed by atoms with Crippen LogP contribution < -0.4 is 15.6 Å². The molecule has 0 spiro atoms. The molecule has 0 aliphatic heterocycles. The summed E-state index contributed by atoms with van der Waals surface area (Å²) in [5.41, 5.74) is -0.311. The molecule has 0 bridgehead atoms. The number of carboxylic acid groups (broad SMARTS) is 1. The number of rotatable bonds is 8. The summed E-state index contributed by atoms with van der Waals surface area (Å²) in [6, 6.07) is 3.78. The van der Waals surface area contributed by atoms with Gasteiger partial charge in [-0.05, 0) is 25.1 Å². The van der Waals surface area contributed by atoms with E-state index in [9.17, 15) is 19.5 Å². The number of amides is 1. The van der Waals surface area contributed by atoms with Crippen LogP contribution >= 0.6 is 22.9 Å². The number of anilines is 1. The van der Waals surface area contributed by atoms with Crippen LogP contribution in [0.15, 0.2) is 28.4 Å². The van der Waals surface area contributed by atoms with Gasteiger partial charge in [0.05, 0.1) is 29.7 Å². The molecule has 11 heteroatoms. The number of ether oxygens (including phenoxy) is 2. The van der Waals surface area contributed by atoms with Crippen LogP contribution in [0.1, 0.15) is 29.1 Å². The fraction of sp³-hybridized carbons (Fsp3) is 0.300. The molecule has 1 unspecified atom stereocenters. The van der Waals surface area contributed by atoms with Gasteiger partial charge < -0.3 is 19.9 Å². The number of hydrogen-bond donors (Lipinski definition) is 2. The highest BCUT2D eigenvalue weighted by Crippen LogP contribution is 2.28. The maximum atomic E-state index is 13.2. The molecule has 0 aliphatic rings. The third-order valence-electron chi connectivity index (χ3n) is 4.66. The van der Waals surface area contributed by atoms with Crippen molar-refractivity contribution in [1.29, 1.82) is 0 Å². The number of carbonyl (C=O) groups is 2. The van der Waals surface area contributed by atoms with E-state index in [0.29, 0.717) is 27.1 Å². The van der Waals surface area contributed by atoms with E-state index in [1.807, 2.05) is 0 Å². The molecule has 2 N–H and O–H groups in total. The van der Waals surface area contributed by atoms with Gasteiger partial charge in [0.2, 0.25) is 5.91 Å². The van der Waals surface area contributed by atoms with E-state index in [2.05, 4.69) is 10.3 Å². The number of carboxylic acids is 1. The summed E-state index contributed by atoms with van der Waals surface area (Å²) in [5, 5.41) is 13.8. The predicted octanol–water partition coefficient (Wildman–Crippen LogP) is 3.21. The van der Waals surface area contributed by atoms with Crippen LogP contribution in [0.5, 0.6) is 5.75 Å². The molecule has 164 valence electrons. The lowest BCUT2D eigenvalue weighted by molar-refractivity contribution is -0.119. The van der Waals surface area contributed by atoms with Gasteiger partial charge in [-0.2, -0.15) is 0 Å². The van der Waals surface area contributed by atoms with Crippen molar-refractivity contribution < 1.29 is 24.2 Å². The van der Waals surface area contributed by atoms with E-state index in [1.165, 1.54) is 30.2 Å².